The number of nitrogens with zero attached hydrogens (tertiary/aromatic N) is 1. The monoisotopic (exact) mass is 387 g/mol. The lowest BCUT2D eigenvalue weighted by atomic mass is 9.85. The number of hydrogen-bond donors (Lipinski definition) is 0. The van der Waals surface area contributed by atoms with Crippen LogP contribution in [0.1, 0.15) is 53.8 Å². The molecule has 1 aromatic carbocycles. The number of halogens is 1. The molecule has 0 amide bonds. The van der Waals surface area contributed by atoms with Crippen molar-refractivity contribution in [1.82, 2.24) is 4.57 Å². The van der Waals surface area contributed by atoms with Crippen molar-refractivity contribution in [2.24, 2.45) is 0 Å². The van der Waals surface area contributed by atoms with E-state index in [0.29, 0.717) is 18.1 Å². The third-order valence-corrected chi connectivity index (χ3v) is 6.57. The molecule has 0 spiro atoms. The number of carbonyl (C=O) groups is 1. The SMILES string of the molecule is COC(=O)[C@@H]1CSc2c(C3CC3)c(C(CCF)c3ccccc3)cc(=O)n21. The normalized spacial score (nSPS) is 19.6. The molecular weight excluding hydrogens is 365 g/mol. The minimum Gasteiger partial charge on any atom is -0.467 e. The van der Waals surface area contributed by atoms with Gasteiger partial charge in [-0.2, -0.15) is 0 Å². The molecule has 0 N–H and O–H groups in total. The zero-order valence-electron chi connectivity index (χ0n) is 15.2. The number of ether oxygens (including phenoxy) is 1. The summed E-state index contributed by atoms with van der Waals surface area (Å²) >= 11 is 1.54. The van der Waals surface area contributed by atoms with Crippen molar-refractivity contribution in [3.8, 4) is 0 Å². The van der Waals surface area contributed by atoms with Gasteiger partial charge in [0.1, 0.15) is 6.04 Å². The van der Waals surface area contributed by atoms with Gasteiger partial charge < -0.3 is 4.74 Å². The Hall–Kier alpha value is -2.08. The highest BCUT2D eigenvalue weighted by Gasteiger charge is 2.39. The van der Waals surface area contributed by atoms with Crippen LogP contribution in [0.25, 0.3) is 0 Å². The summed E-state index contributed by atoms with van der Waals surface area (Å²) in [6.07, 6.45) is 2.48. The van der Waals surface area contributed by atoms with Crippen LogP contribution < -0.4 is 5.56 Å². The van der Waals surface area contributed by atoms with E-state index in [2.05, 4.69) is 0 Å². The number of pyridine rings is 1. The predicted molar refractivity (Wildman–Crippen MR) is 103 cm³/mol. The quantitative estimate of drug-likeness (QED) is 0.702. The summed E-state index contributed by atoms with van der Waals surface area (Å²) in [7, 11) is 1.35. The lowest BCUT2D eigenvalue weighted by molar-refractivity contribution is -0.143. The van der Waals surface area contributed by atoms with Crippen molar-refractivity contribution in [1.29, 1.82) is 0 Å². The van der Waals surface area contributed by atoms with Crippen LogP contribution in [0, 0.1) is 0 Å². The smallest absolute Gasteiger partial charge is 0.329 e. The molecule has 1 unspecified atom stereocenters. The molecule has 1 aliphatic heterocycles. The highest BCUT2D eigenvalue weighted by Crippen LogP contribution is 2.50. The second kappa shape index (κ2) is 7.50. The number of carbonyl (C=O) groups excluding carboxylic acids is 1. The van der Waals surface area contributed by atoms with Crippen molar-refractivity contribution in [3.63, 3.8) is 0 Å². The van der Waals surface area contributed by atoms with Crippen LogP contribution in [-0.2, 0) is 9.53 Å². The lowest BCUT2D eigenvalue weighted by Gasteiger charge is -2.23. The van der Waals surface area contributed by atoms with E-state index in [1.807, 2.05) is 30.3 Å². The average molecular weight is 387 g/mol. The molecule has 6 heteroatoms. The molecule has 142 valence electrons. The minimum atomic E-state index is -0.578. The van der Waals surface area contributed by atoms with Gasteiger partial charge in [-0.1, -0.05) is 30.3 Å². The first-order valence-corrected chi connectivity index (χ1v) is 10.2. The summed E-state index contributed by atoms with van der Waals surface area (Å²) in [4.78, 5) is 25.1. The lowest BCUT2D eigenvalue weighted by Crippen LogP contribution is -2.30. The fourth-order valence-electron chi connectivity index (χ4n) is 3.98. The highest BCUT2D eigenvalue weighted by atomic mass is 32.2. The summed E-state index contributed by atoms with van der Waals surface area (Å²) in [5.41, 5.74) is 2.88. The van der Waals surface area contributed by atoms with Crippen LogP contribution in [0.15, 0.2) is 46.2 Å². The number of alkyl halides is 1. The highest BCUT2D eigenvalue weighted by molar-refractivity contribution is 7.99. The standard InChI is InChI=1S/C21H22FNO3S/c1-26-21(25)17-12-27-20-19(14-7-8-14)16(11-18(24)23(17)20)15(9-10-22)13-5-3-2-4-6-13/h2-6,11,14-15,17H,7-10,12H2,1H3/t15?,17-/m0/s1. The molecule has 4 nitrogen and oxygen atoms in total. The van der Waals surface area contributed by atoms with E-state index >= 15 is 0 Å². The van der Waals surface area contributed by atoms with Crippen molar-refractivity contribution >= 4 is 17.7 Å². The van der Waals surface area contributed by atoms with E-state index in [1.165, 1.54) is 7.11 Å². The van der Waals surface area contributed by atoms with Crippen molar-refractivity contribution in [2.45, 2.75) is 42.2 Å². The molecule has 2 aliphatic rings. The molecular formula is C21H22FNO3S. The van der Waals surface area contributed by atoms with Crippen LogP contribution in [0.4, 0.5) is 4.39 Å². The largest absolute Gasteiger partial charge is 0.467 e. The first-order valence-electron chi connectivity index (χ1n) is 9.26. The van der Waals surface area contributed by atoms with Crippen molar-refractivity contribution in [3.05, 3.63) is 63.4 Å². The summed E-state index contributed by atoms with van der Waals surface area (Å²) < 4.78 is 19.9. The number of esters is 1. The number of thioether (sulfide) groups is 1. The number of fused-ring (bicyclic) bond motifs is 1. The number of rotatable bonds is 6. The van der Waals surface area contributed by atoms with E-state index < -0.39 is 12.7 Å². The zero-order chi connectivity index (χ0) is 19.0. The Morgan fingerprint density at radius 3 is 2.70 bits per heavy atom. The van der Waals surface area contributed by atoms with E-state index in [-0.39, 0.29) is 17.4 Å². The van der Waals surface area contributed by atoms with Gasteiger partial charge >= 0.3 is 5.97 Å². The summed E-state index contributed by atoms with van der Waals surface area (Å²) in [5, 5.41) is 0.871. The first kappa shape index (κ1) is 18.3. The van der Waals surface area contributed by atoms with Gasteiger partial charge in [-0.25, -0.2) is 4.79 Å². The number of hydrogen-bond acceptors (Lipinski definition) is 4. The number of benzene rings is 1. The molecule has 0 saturated heterocycles. The maximum Gasteiger partial charge on any atom is 0.329 e. The van der Waals surface area contributed by atoms with Crippen LogP contribution in [0.5, 0.6) is 0 Å². The Bertz CT molecular complexity index is 908. The van der Waals surface area contributed by atoms with Gasteiger partial charge in [0.25, 0.3) is 5.56 Å². The van der Waals surface area contributed by atoms with E-state index in [0.717, 1.165) is 34.6 Å². The molecule has 2 atom stereocenters. The van der Waals surface area contributed by atoms with Gasteiger partial charge in [-0.15, -0.1) is 11.8 Å². The van der Waals surface area contributed by atoms with Crippen LogP contribution in [0.3, 0.4) is 0 Å². The molecule has 2 aromatic rings. The third-order valence-electron chi connectivity index (χ3n) is 5.40. The van der Waals surface area contributed by atoms with Gasteiger partial charge in [0.05, 0.1) is 18.8 Å². The maximum absolute atomic E-state index is 13.4. The second-order valence-electron chi connectivity index (χ2n) is 7.09. The molecule has 0 radical (unpaired) electrons. The minimum absolute atomic E-state index is 0.150. The number of methoxy groups -OCH3 is 1. The summed E-state index contributed by atoms with van der Waals surface area (Å²) in [6.45, 7) is -0.444. The Morgan fingerprint density at radius 2 is 2.07 bits per heavy atom. The zero-order valence-corrected chi connectivity index (χ0v) is 16.0. The summed E-state index contributed by atoms with van der Waals surface area (Å²) in [5.74, 6) is 0.352. The molecule has 4 rings (SSSR count). The van der Waals surface area contributed by atoms with Crippen molar-refractivity contribution in [2.75, 3.05) is 19.5 Å². The van der Waals surface area contributed by atoms with Crippen LogP contribution >= 0.6 is 11.8 Å². The second-order valence-corrected chi connectivity index (χ2v) is 8.10. The molecule has 1 aromatic heterocycles. The maximum atomic E-state index is 13.4. The Morgan fingerprint density at radius 1 is 1.33 bits per heavy atom. The van der Waals surface area contributed by atoms with Gasteiger partial charge in [0.2, 0.25) is 0 Å². The Balaban J connectivity index is 1.88. The van der Waals surface area contributed by atoms with Gasteiger partial charge in [-0.3, -0.25) is 13.8 Å². The fraction of sp³-hybridized carbons (Fsp3) is 0.429. The molecule has 1 fully saturated rings. The fourth-order valence-corrected chi connectivity index (χ4v) is 5.38. The first-order chi connectivity index (χ1) is 13.2. The summed E-state index contributed by atoms with van der Waals surface area (Å²) in [6, 6.07) is 10.9. The third kappa shape index (κ3) is 3.31. The van der Waals surface area contributed by atoms with E-state index in [1.54, 1.807) is 22.4 Å². The van der Waals surface area contributed by atoms with E-state index in [9.17, 15) is 14.0 Å². The number of aromatic nitrogens is 1. The molecule has 27 heavy (non-hydrogen) atoms. The van der Waals surface area contributed by atoms with Gasteiger partial charge in [0.15, 0.2) is 0 Å². The molecule has 0 bridgehead atoms. The van der Waals surface area contributed by atoms with Crippen molar-refractivity contribution < 1.29 is 13.9 Å². The molecule has 1 saturated carbocycles. The van der Waals surface area contributed by atoms with E-state index in [4.69, 9.17) is 4.74 Å². The van der Waals surface area contributed by atoms with Crippen LogP contribution in [0.2, 0.25) is 0 Å². The topological polar surface area (TPSA) is 48.3 Å². The molecule has 2 heterocycles. The van der Waals surface area contributed by atoms with Gasteiger partial charge in [-0.05, 0) is 41.9 Å². The Kier molecular flexibility index (Phi) is 5.08. The molecule has 1 aliphatic carbocycles. The van der Waals surface area contributed by atoms with Crippen LogP contribution in [-0.4, -0.2) is 30.1 Å². The average Bonchev–Trinajstić information content (AvgIpc) is 3.43. The van der Waals surface area contributed by atoms with Gasteiger partial charge in [0, 0.05) is 17.7 Å². The Labute approximate surface area is 161 Å². The predicted octanol–water partition coefficient (Wildman–Crippen LogP) is 4.04.